The van der Waals surface area contributed by atoms with Crippen LogP contribution in [-0.4, -0.2) is 51.0 Å². The molecule has 0 N–H and O–H groups in total. The Morgan fingerprint density at radius 3 is 2.64 bits per heavy atom. The van der Waals surface area contributed by atoms with Crippen LogP contribution in [0.4, 0.5) is 0 Å². The van der Waals surface area contributed by atoms with Crippen molar-refractivity contribution in [2.45, 2.75) is 57.8 Å². The summed E-state index contributed by atoms with van der Waals surface area (Å²) in [6, 6.07) is 8.18. The highest BCUT2D eigenvalue weighted by Gasteiger charge is 2.24. The van der Waals surface area contributed by atoms with E-state index >= 15 is 0 Å². The molecular formula is C21H30N4O2S. The first-order valence-electron chi connectivity index (χ1n) is 9.99. The van der Waals surface area contributed by atoms with Crippen LogP contribution in [-0.2, 0) is 11.3 Å². The van der Waals surface area contributed by atoms with Gasteiger partial charge >= 0.3 is 0 Å². The summed E-state index contributed by atoms with van der Waals surface area (Å²) in [5.41, 5.74) is 0.997. The summed E-state index contributed by atoms with van der Waals surface area (Å²) >= 11 is 1.49. The SMILES string of the molecule is COc1ccc(-c2nnc(SCC(=O)N3CCCC[C@@H]3C)n2CC(C)C)cc1. The normalized spacial score (nSPS) is 17.2. The van der Waals surface area contributed by atoms with E-state index in [4.69, 9.17) is 4.74 Å². The van der Waals surface area contributed by atoms with Gasteiger partial charge < -0.3 is 14.2 Å². The molecule has 1 saturated heterocycles. The predicted octanol–water partition coefficient (Wildman–Crippen LogP) is 4.10. The van der Waals surface area contributed by atoms with Crippen molar-refractivity contribution in [3.8, 4) is 17.1 Å². The molecule has 1 atom stereocenters. The molecule has 2 heterocycles. The third kappa shape index (κ3) is 4.87. The third-order valence-electron chi connectivity index (χ3n) is 5.06. The Kier molecular flexibility index (Phi) is 6.99. The predicted molar refractivity (Wildman–Crippen MR) is 113 cm³/mol. The zero-order valence-corrected chi connectivity index (χ0v) is 18.0. The van der Waals surface area contributed by atoms with Crippen molar-refractivity contribution >= 4 is 17.7 Å². The molecular weight excluding hydrogens is 372 g/mol. The van der Waals surface area contributed by atoms with Gasteiger partial charge in [0.05, 0.1) is 12.9 Å². The summed E-state index contributed by atoms with van der Waals surface area (Å²) in [6.07, 6.45) is 3.42. The van der Waals surface area contributed by atoms with Crippen LogP contribution in [0.1, 0.15) is 40.0 Å². The summed E-state index contributed by atoms with van der Waals surface area (Å²) in [5.74, 6) is 2.70. The molecule has 1 aliphatic heterocycles. The van der Waals surface area contributed by atoms with Crippen LogP contribution >= 0.6 is 11.8 Å². The zero-order valence-electron chi connectivity index (χ0n) is 17.2. The fraction of sp³-hybridized carbons (Fsp3) is 0.571. The van der Waals surface area contributed by atoms with Crippen molar-refractivity contribution in [3.63, 3.8) is 0 Å². The lowest BCUT2D eigenvalue weighted by Gasteiger charge is -2.33. The van der Waals surface area contributed by atoms with E-state index in [1.807, 2.05) is 29.2 Å². The van der Waals surface area contributed by atoms with Gasteiger partial charge in [0.1, 0.15) is 5.75 Å². The smallest absolute Gasteiger partial charge is 0.233 e. The lowest BCUT2D eigenvalue weighted by atomic mass is 10.0. The molecule has 1 aromatic heterocycles. The number of hydrogen-bond donors (Lipinski definition) is 0. The van der Waals surface area contributed by atoms with E-state index in [1.54, 1.807) is 7.11 Å². The minimum atomic E-state index is 0.197. The molecule has 0 saturated carbocycles. The lowest BCUT2D eigenvalue weighted by molar-refractivity contribution is -0.131. The number of hydrogen-bond acceptors (Lipinski definition) is 5. The largest absolute Gasteiger partial charge is 0.497 e. The van der Waals surface area contributed by atoms with Gasteiger partial charge in [0.2, 0.25) is 5.91 Å². The van der Waals surface area contributed by atoms with Gasteiger partial charge in [-0.3, -0.25) is 4.79 Å². The maximum Gasteiger partial charge on any atom is 0.233 e. The average molecular weight is 403 g/mol. The standard InChI is InChI=1S/C21H30N4O2S/c1-15(2)13-25-20(17-8-10-18(27-4)11-9-17)22-23-21(25)28-14-19(26)24-12-6-5-7-16(24)3/h8-11,15-16H,5-7,12-14H2,1-4H3/t16-/m0/s1. The first kappa shape index (κ1) is 20.7. The minimum absolute atomic E-state index is 0.197. The molecule has 1 aromatic carbocycles. The Balaban J connectivity index is 1.76. The topological polar surface area (TPSA) is 60.3 Å². The van der Waals surface area contributed by atoms with Crippen LogP contribution in [0.15, 0.2) is 29.4 Å². The van der Waals surface area contributed by atoms with Crippen molar-refractivity contribution < 1.29 is 9.53 Å². The second-order valence-corrected chi connectivity index (χ2v) is 8.70. The molecule has 0 aliphatic carbocycles. The zero-order chi connectivity index (χ0) is 20.1. The van der Waals surface area contributed by atoms with Gasteiger partial charge in [0, 0.05) is 24.7 Å². The van der Waals surface area contributed by atoms with Gasteiger partial charge in [-0.2, -0.15) is 0 Å². The van der Waals surface area contributed by atoms with Crippen molar-refractivity contribution in [2.75, 3.05) is 19.4 Å². The number of amides is 1. The van der Waals surface area contributed by atoms with Gasteiger partial charge in [-0.15, -0.1) is 10.2 Å². The molecule has 0 radical (unpaired) electrons. The minimum Gasteiger partial charge on any atom is -0.497 e. The van der Waals surface area contributed by atoms with Gasteiger partial charge in [0.15, 0.2) is 11.0 Å². The highest BCUT2D eigenvalue weighted by atomic mass is 32.2. The summed E-state index contributed by atoms with van der Waals surface area (Å²) in [4.78, 5) is 14.7. The quantitative estimate of drug-likeness (QED) is 0.653. The molecule has 6 nitrogen and oxygen atoms in total. The Morgan fingerprint density at radius 2 is 2.00 bits per heavy atom. The van der Waals surface area contributed by atoms with Crippen LogP contribution in [0, 0.1) is 5.92 Å². The Bertz CT molecular complexity index is 788. The molecule has 1 amide bonds. The molecule has 2 aromatic rings. The van der Waals surface area contributed by atoms with E-state index < -0.39 is 0 Å². The van der Waals surface area contributed by atoms with E-state index in [1.165, 1.54) is 18.2 Å². The van der Waals surface area contributed by atoms with Gasteiger partial charge in [-0.05, 0) is 56.4 Å². The second kappa shape index (κ2) is 9.45. The number of carbonyl (C=O) groups excluding carboxylic acids is 1. The summed E-state index contributed by atoms with van der Waals surface area (Å²) in [7, 11) is 1.66. The molecule has 0 bridgehead atoms. The molecule has 0 spiro atoms. The Hall–Kier alpha value is -2.02. The van der Waals surface area contributed by atoms with Crippen LogP contribution < -0.4 is 4.74 Å². The maximum absolute atomic E-state index is 12.7. The van der Waals surface area contributed by atoms with Crippen molar-refractivity contribution in [2.24, 2.45) is 5.92 Å². The van der Waals surface area contributed by atoms with E-state index in [2.05, 4.69) is 35.5 Å². The monoisotopic (exact) mass is 402 g/mol. The molecule has 7 heteroatoms. The Labute approximate surface area is 171 Å². The molecule has 3 rings (SSSR count). The van der Waals surface area contributed by atoms with Crippen LogP contribution in [0.3, 0.4) is 0 Å². The number of piperidine rings is 1. The number of rotatable bonds is 7. The van der Waals surface area contributed by atoms with Gasteiger partial charge in [-0.1, -0.05) is 25.6 Å². The molecule has 1 aliphatic rings. The highest BCUT2D eigenvalue weighted by molar-refractivity contribution is 7.99. The van der Waals surface area contributed by atoms with Crippen LogP contribution in [0.2, 0.25) is 0 Å². The Morgan fingerprint density at radius 1 is 1.25 bits per heavy atom. The fourth-order valence-corrected chi connectivity index (χ4v) is 4.39. The van der Waals surface area contributed by atoms with Gasteiger partial charge in [-0.25, -0.2) is 0 Å². The third-order valence-corrected chi connectivity index (χ3v) is 6.01. The summed E-state index contributed by atoms with van der Waals surface area (Å²) < 4.78 is 7.38. The number of likely N-dealkylation sites (tertiary alicyclic amines) is 1. The highest BCUT2D eigenvalue weighted by Crippen LogP contribution is 2.27. The first-order chi connectivity index (χ1) is 13.5. The van der Waals surface area contributed by atoms with Crippen LogP contribution in [0.25, 0.3) is 11.4 Å². The van der Waals surface area contributed by atoms with Crippen molar-refractivity contribution in [3.05, 3.63) is 24.3 Å². The van der Waals surface area contributed by atoms with Crippen LogP contribution in [0.5, 0.6) is 5.75 Å². The molecule has 0 unspecified atom stereocenters. The second-order valence-electron chi connectivity index (χ2n) is 7.76. The van der Waals surface area contributed by atoms with E-state index in [0.29, 0.717) is 17.7 Å². The lowest BCUT2D eigenvalue weighted by Crippen LogP contribution is -2.43. The number of nitrogens with zero attached hydrogens (tertiary/aromatic N) is 4. The molecule has 28 heavy (non-hydrogen) atoms. The first-order valence-corrected chi connectivity index (χ1v) is 11.0. The number of carbonyl (C=O) groups is 1. The number of ether oxygens (including phenoxy) is 1. The number of aromatic nitrogens is 3. The van der Waals surface area contributed by atoms with Gasteiger partial charge in [0.25, 0.3) is 0 Å². The van der Waals surface area contributed by atoms with E-state index in [-0.39, 0.29) is 5.91 Å². The van der Waals surface area contributed by atoms with Crippen molar-refractivity contribution in [1.29, 1.82) is 0 Å². The van der Waals surface area contributed by atoms with E-state index in [9.17, 15) is 4.79 Å². The number of benzene rings is 1. The van der Waals surface area contributed by atoms with E-state index in [0.717, 1.165) is 48.2 Å². The fourth-order valence-electron chi connectivity index (χ4n) is 3.56. The maximum atomic E-state index is 12.7. The summed E-state index contributed by atoms with van der Waals surface area (Å²) in [6.45, 7) is 8.17. The number of methoxy groups -OCH3 is 1. The molecule has 152 valence electrons. The number of thioether (sulfide) groups is 1. The molecule has 1 fully saturated rings. The average Bonchev–Trinajstić information content (AvgIpc) is 3.08. The van der Waals surface area contributed by atoms with Crippen molar-refractivity contribution in [1.82, 2.24) is 19.7 Å². The summed E-state index contributed by atoms with van der Waals surface area (Å²) in [5, 5.41) is 9.63.